The van der Waals surface area contributed by atoms with Crippen LogP contribution in [0.2, 0.25) is 5.02 Å². The van der Waals surface area contributed by atoms with E-state index in [1.807, 2.05) is 30.3 Å². The monoisotopic (exact) mass is 569 g/mol. The van der Waals surface area contributed by atoms with Crippen molar-refractivity contribution in [1.82, 2.24) is 10.3 Å². The summed E-state index contributed by atoms with van der Waals surface area (Å²) in [5.74, 6) is -1.11. The van der Waals surface area contributed by atoms with Crippen LogP contribution in [0.5, 0.6) is 0 Å². The number of carbonyl (C=O) groups excluding carboxylic acids is 2. The van der Waals surface area contributed by atoms with Gasteiger partial charge in [-0.1, -0.05) is 60.1 Å². The third kappa shape index (κ3) is 5.46. The van der Waals surface area contributed by atoms with Gasteiger partial charge in [0.25, 0.3) is 18.2 Å². The van der Waals surface area contributed by atoms with E-state index in [-0.39, 0.29) is 29.0 Å². The van der Waals surface area contributed by atoms with E-state index >= 15 is 0 Å². The van der Waals surface area contributed by atoms with Crippen LogP contribution in [0.15, 0.2) is 66.9 Å². The molecule has 40 heavy (non-hydrogen) atoms. The van der Waals surface area contributed by atoms with Crippen LogP contribution in [0.4, 0.5) is 14.5 Å². The van der Waals surface area contributed by atoms with Gasteiger partial charge in [0, 0.05) is 30.8 Å². The average molecular weight is 570 g/mol. The molecule has 10 heteroatoms. The summed E-state index contributed by atoms with van der Waals surface area (Å²) < 4.78 is 26.7. The summed E-state index contributed by atoms with van der Waals surface area (Å²) in [6.07, 6.45) is -0.485. The Bertz CT molecular complexity index is 1380. The lowest BCUT2D eigenvalue weighted by Gasteiger charge is -2.33. The van der Waals surface area contributed by atoms with E-state index in [1.165, 1.54) is 6.07 Å². The number of anilines is 1. The number of alkyl halides is 2. The Labute approximate surface area is 235 Å². The molecular formula is C30H30ClF2N3O4. The van der Waals surface area contributed by atoms with Crippen LogP contribution in [0.1, 0.15) is 59.3 Å². The molecule has 0 saturated heterocycles. The fourth-order valence-electron chi connectivity index (χ4n) is 5.77. The maximum atomic E-state index is 13.7. The molecule has 3 aromatic rings. The molecule has 1 saturated carbocycles. The highest BCUT2D eigenvalue weighted by Gasteiger charge is 2.54. The number of hydrogen-bond donors (Lipinski definition) is 3. The number of rotatable bonds is 8. The Balaban J connectivity index is 1.24. The number of halogens is 3. The molecule has 210 valence electrons. The summed E-state index contributed by atoms with van der Waals surface area (Å²) >= 11 is 5.88. The number of nitrogens with zero attached hydrogens (tertiary/aromatic N) is 2. The van der Waals surface area contributed by atoms with Crippen LogP contribution < -0.4 is 10.2 Å². The van der Waals surface area contributed by atoms with Crippen LogP contribution in [-0.4, -0.2) is 45.7 Å². The van der Waals surface area contributed by atoms with E-state index in [9.17, 15) is 28.6 Å². The van der Waals surface area contributed by atoms with Crippen LogP contribution in [0.25, 0.3) is 0 Å². The van der Waals surface area contributed by atoms with Crippen molar-refractivity contribution < 1.29 is 28.6 Å². The molecule has 2 amide bonds. The Kier molecular flexibility index (Phi) is 8.16. The van der Waals surface area contributed by atoms with Gasteiger partial charge in [-0.25, -0.2) is 8.78 Å². The Morgan fingerprint density at radius 1 is 1.10 bits per heavy atom. The summed E-state index contributed by atoms with van der Waals surface area (Å²) in [7, 11) is 0. The Morgan fingerprint density at radius 3 is 2.48 bits per heavy atom. The largest absolute Gasteiger partial charge is 0.389 e. The molecule has 0 unspecified atom stereocenters. The van der Waals surface area contributed by atoms with Crippen molar-refractivity contribution >= 4 is 29.1 Å². The van der Waals surface area contributed by atoms with Gasteiger partial charge >= 0.3 is 0 Å². The average Bonchev–Trinajstić information content (AvgIpc) is 3.17. The fraction of sp³-hybridized carbons (Fsp3) is 0.367. The zero-order chi connectivity index (χ0) is 28.4. The molecule has 2 heterocycles. The summed E-state index contributed by atoms with van der Waals surface area (Å²) in [6.45, 7) is 0.352. The van der Waals surface area contributed by atoms with E-state index in [1.54, 1.807) is 29.2 Å². The van der Waals surface area contributed by atoms with Crippen molar-refractivity contribution in [3.8, 4) is 0 Å². The molecule has 1 aliphatic heterocycles. The topological polar surface area (TPSA) is 103 Å². The van der Waals surface area contributed by atoms with E-state index in [2.05, 4.69) is 10.3 Å². The van der Waals surface area contributed by atoms with Crippen LogP contribution in [0, 0.1) is 5.92 Å². The number of benzene rings is 2. The van der Waals surface area contributed by atoms with E-state index in [0.717, 1.165) is 11.8 Å². The van der Waals surface area contributed by atoms with E-state index in [4.69, 9.17) is 11.6 Å². The van der Waals surface area contributed by atoms with Gasteiger partial charge in [-0.15, -0.1) is 0 Å². The lowest BCUT2D eigenvalue weighted by Crippen LogP contribution is -2.50. The first-order chi connectivity index (χ1) is 19.2. The zero-order valence-electron chi connectivity index (χ0n) is 21.6. The van der Waals surface area contributed by atoms with Gasteiger partial charge in [-0.05, 0) is 49.3 Å². The third-order valence-electron chi connectivity index (χ3n) is 7.89. The second kappa shape index (κ2) is 11.6. The van der Waals surface area contributed by atoms with Gasteiger partial charge in [0.15, 0.2) is 5.60 Å². The minimum atomic E-state index is -2.90. The minimum Gasteiger partial charge on any atom is -0.389 e. The number of aromatic nitrogens is 1. The normalized spacial score (nSPS) is 23.2. The number of fused-ring (bicyclic) bond motifs is 1. The number of aliphatic hydroxyl groups excluding tert-OH is 1. The predicted octanol–water partition coefficient (Wildman–Crippen LogP) is 4.80. The summed E-state index contributed by atoms with van der Waals surface area (Å²) in [4.78, 5) is 31.6. The number of aliphatic hydroxyl groups is 2. The van der Waals surface area contributed by atoms with E-state index < -0.39 is 35.6 Å². The van der Waals surface area contributed by atoms with Gasteiger partial charge in [-0.2, -0.15) is 0 Å². The molecule has 2 aliphatic rings. The number of hydrogen-bond acceptors (Lipinski definition) is 5. The second-order valence-electron chi connectivity index (χ2n) is 10.5. The van der Waals surface area contributed by atoms with Gasteiger partial charge in [0.1, 0.15) is 11.8 Å². The first kappa shape index (κ1) is 28.1. The summed E-state index contributed by atoms with van der Waals surface area (Å²) in [5, 5.41) is 25.6. The molecule has 0 spiro atoms. The number of nitrogens with one attached hydrogen (secondary N) is 1. The molecule has 1 aromatic heterocycles. The maximum absolute atomic E-state index is 13.7. The minimum absolute atomic E-state index is 0.0863. The number of para-hydroxylation sites is 1. The molecule has 2 atom stereocenters. The van der Waals surface area contributed by atoms with Crippen molar-refractivity contribution in [2.75, 3.05) is 11.4 Å². The molecule has 0 bridgehead atoms. The van der Waals surface area contributed by atoms with Crippen LogP contribution in [0.3, 0.4) is 0 Å². The zero-order valence-corrected chi connectivity index (χ0v) is 22.4. The molecule has 3 N–H and O–H groups in total. The lowest BCUT2D eigenvalue weighted by molar-refractivity contribution is -0.149. The number of amides is 2. The lowest BCUT2D eigenvalue weighted by atomic mass is 9.85. The van der Waals surface area contributed by atoms with Gasteiger partial charge in [-0.3, -0.25) is 14.6 Å². The highest BCUT2D eigenvalue weighted by atomic mass is 35.5. The first-order valence-electron chi connectivity index (χ1n) is 13.3. The quantitative estimate of drug-likeness (QED) is 0.362. The van der Waals surface area contributed by atoms with Crippen molar-refractivity contribution in [3.05, 3.63) is 94.3 Å². The SMILES string of the molecule is O=C(NC1CCC(CN2C(=O)[C@](O)([C@H](O)Cc3ccccc3)c3ccccc32)CC1)c1cc(Cl)cnc1C(F)F. The molecule has 1 fully saturated rings. The van der Waals surface area contributed by atoms with Crippen molar-refractivity contribution in [2.45, 2.75) is 56.3 Å². The molecular weight excluding hydrogens is 540 g/mol. The van der Waals surface area contributed by atoms with Crippen LogP contribution >= 0.6 is 11.6 Å². The van der Waals surface area contributed by atoms with Gasteiger partial charge in [0.05, 0.1) is 16.3 Å². The van der Waals surface area contributed by atoms with Crippen LogP contribution in [-0.2, 0) is 16.8 Å². The molecule has 5 rings (SSSR count). The molecule has 2 aromatic carbocycles. The van der Waals surface area contributed by atoms with Crippen molar-refractivity contribution in [1.29, 1.82) is 0 Å². The van der Waals surface area contributed by atoms with Gasteiger partial charge in [0.2, 0.25) is 0 Å². The Morgan fingerprint density at radius 2 is 1.77 bits per heavy atom. The second-order valence-corrected chi connectivity index (χ2v) is 10.9. The maximum Gasteiger partial charge on any atom is 0.281 e. The molecule has 0 radical (unpaired) electrons. The summed E-state index contributed by atoms with van der Waals surface area (Å²) in [5.41, 5.74) is -1.15. The van der Waals surface area contributed by atoms with Crippen molar-refractivity contribution in [3.63, 3.8) is 0 Å². The van der Waals surface area contributed by atoms with E-state index in [0.29, 0.717) is 43.5 Å². The number of pyridine rings is 1. The van der Waals surface area contributed by atoms with Crippen molar-refractivity contribution in [2.24, 2.45) is 5.92 Å². The highest BCUT2D eigenvalue weighted by Crippen LogP contribution is 2.44. The Hall–Kier alpha value is -3.40. The summed E-state index contributed by atoms with van der Waals surface area (Å²) in [6, 6.07) is 17.2. The highest BCUT2D eigenvalue weighted by molar-refractivity contribution is 6.30. The molecule has 1 aliphatic carbocycles. The number of carbonyl (C=O) groups is 2. The third-order valence-corrected chi connectivity index (χ3v) is 8.10. The predicted molar refractivity (Wildman–Crippen MR) is 146 cm³/mol. The fourth-order valence-corrected chi connectivity index (χ4v) is 5.92. The smallest absolute Gasteiger partial charge is 0.281 e. The molecule has 7 nitrogen and oxygen atoms in total. The first-order valence-corrected chi connectivity index (χ1v) is 13.7. The van der Waals surface area contributed by atoms with Gasteiger partial charge < -0.3 is 20.4 Å². The standard InChI is InChI=1S/C30H30ClF2N3O4/c31-20-15-22(26(27(32)33)34-16-20)28(38)35-21-12-10-19(11-13-21)17-36-24-9-5-4-8-23(24)30(40,29(36)39)25(37)14-18-6-2-1-3-7-18/h1-9,15-16,19,21,25,27,37,40H,10-14,17H2,(H,35,38)/t19?,21?,25-,30-/m1/s1.